The normalized spacial score (nSPS) is 11.4. The number of nitrogens with zero attached hydrogens (tertiary/aromatic N) is 1. The lowest BCUT2D eigenvalue weighted by Crippen LogP contribution is -2.18. The number of amides is 1. The molecule has 0 aliphatic rings. The van der Waals surface area contributed by atoms with Crippen molar-refractivity contribution in [2.45, 2.75) is 19.1 Å². The summed E-state index contributed by atoms with van der Waals surface area (Å²) in [5.41, 5.74) is 0.609. The fourth-order valence-corrected chi connectivity index (χ4v) is 3.01. The second-order valence-electron chi connectivity index (χ2n) is 4.80. The minimum Gasteiger partial charge on any atom is -0.360 e. The molecule has 0 atom stereocenters. The maximum Gasteiger partial charge on any atom is 0.225 e. The van der Waals surface area contributed by atoms with Crippen LogP contribution in [0.2, 0.25) is 0 Å². The first-order valence-corrected chi connectivity index (χ1v) is 8.35. The highest BCUT2D eigenvalue weighted by atomic mass is 32.2. The Bertz CT molecular complexity index is 771. The van der Waals surface area contributed by atoms with E-state index < -0.39 is 21.6 Å². The molecule has 0 bridgehead atoms. The molecule has 0 unspecified atom stereocenters. The molecule has 8 heteroatoms. The summed E-state index contributed by atoms with van der Waals surface area (Å²) >= 11 is 0. The average molecular weight is 326 g/mol. The summed E-state index contributed by atoms with van der Waals surface area (Å²) in [5.74, 6) is -1.58. The maximum atomic E-state index is 13.4. The summed E-state index contributed by atoms with van der Waals surface area (Å²) in [5, 5.41) is 5.94. The van der Waals surface area contributed by atoms with Crippen LogP contribution in [0.3, 0.4) is 0 Å². The van der Waals surface area contributed by atoms with E-state index in [4.69, 9.17) is 4.52 Å². The smallest absolute Gasteiger partial charge is 0.225 e. The highest BCUT2D eigenvalue weighted by Crippen LogP contribution is 2.13. The number of aryl methyl sites for hydroxylation is 1. The number of carbonyl (C=O) groups excluding carboxylic acids is 1. The molecule has 1 aromatic carbocycles. The number of aromatic nitrogens is 1. The summed E-state index contributed by atoms with van der Waals surface area (Å²) in [6.07, 6.45) is -0.260. The number of carbonyl (C=O) groups is 1. The third-order valence-electron chi connectivity index (χ3n) is 2.83. The summed E-state index contributed by atoms with van der Waals surface area (Å²) in [6.45, 7) is 1.68. The molecule has 0 spiro atoms. The molecule has 1 aromatic heterocycles. The Labute approximate surface area is 127 Å². The Morgan fingerprint density at radius 1 is 1.36 bits per heavy atom. The van der Waals surface area contributed by atoms with Crippen LogP contribution >= 0.6 is 0 Å². The quantitative estimate of drug-likeness (QED) is 0.877. The molecule has 1 N–H and O–H groups in total. The van der Waals surface area contributed by atoms with Gasteiger partial charge in [0.25, 0.3) is 0 Å². The van der Waals surface area contributed by atoms with Crippen molar-refractivity contribution in [3.8, 4) is 0 Å². The predicted molar refractivity (Wildman–Crippen MR) is 78.4 cm³/mol. The number of rotatable bonds is 6. The Morgan fingerprint density at radius 2 is 2.09 bits per heavy atom. The Hall–Kier alpha value is -2.22. The summed E-state index contributed by atoms with van der Waals surface area (Å²) in [7, 11) is -3.51. The first-order valence-electron chi connectivity index (χ1n) is 6.53. The number of nitrogens with one attached hydrogen (secondary N) is 1. The zero-order chi connectivity index (χ0) is 16.2. The third-order valence-corrected chi connectivity index (χ3v) is 4.38. The van der Waals surface area contributed by atoms with Crippen LogP contribution in [0.15, 0.2) is 34.9 Å². The van der Waals surface area contributed by atoms with E-state index in [-0.39, 0.29) is 29.4 Å². The standard InChI is InChI=1S/C14H15FN2O4S/c1-10-8-11(21-17-10)9-22(19,20)7-6-14(18)16-13-5-3-2-4-12(13)15/h2-5,8H,6-7,9H2,1H3,(H,16,18). The molecule has 0 aliphatic heterocycles. The van der Waals surface area contributed by atoms with Gasteiger partial charge in [-0.15, -0.1) is 0 Å². The predicted octanol–water partition coefficient (Wildman–Crippen LogP) is 2.07. The Morgan fingerprint density at radius 3 is 2.73 bits per heavy atom. The van der Waals surface area contributed by atoms with Crippen LogP contribution in [0, 0.1) is 12.7 Å². The number of hydrogen-bond donors (Lipinski definition) is 1. The number of sulfone groups is 1. The van der Waals surface area contributed by atoms with Gasteiger partial charge in [-0.3, -0.25) is 4.79 Å². The van der Waals surface area contributed by atoms with Crippen LogP contribution in [0.25, 0.3) is 0 Å². The van der Waals surface area contributed by atoms with Crippen molar-refractivity contribution in [2.24, 2.45) is 0 Å². The zero-order valence-electron chi connectivity index (χ0n) is 11.9. The van der Waals surface area contributed by atoms with Gasteiger partial charge in [0.05, 0.1) is 17.1 Å². The van der Waals surface area contributed by atoms with Crippen molar-refractivity contribution in [2.75, 3.05) is 11.1 Å². The molecule has 1 heterocycles. The number of benzene rings is 1. The third kappa shape index (κ3) is 4.66. The first-order chi connectivity index (χ1) is 10.4. The van der Waals surface area contributed by atoms with Gasteiger partial charge in [-0.05, 0) is 19.1 Å². The summed E-state index contributed by atoms with van der Waals surface area (Å²) < 4.78 is 42.0. The molecule has 2 rings (SSSR count). The second kappa shape index (κ2) is 6.69. The van der Waals surface area contributed by atoms with Crippen molar-refractivity contribution < 1.29 is 22.1 Å². The zero-order valence-corrected chi connectivity index (χ0v) is 12.7. The van der Waals surface area contributed by atoms with Gasteiger partial charge in [0.2, 0.25) is 5.91 Å². The number of hydrogen-bond acceptors (Lipinski definition) is 5. The maximum absolute atomic E-state index is 13.4. The molecule has 0 saturated heterocycles. The SMILES string of the molecule is Cc1cc(CS(=O)(=O)CCC(=O)Nc2ccccc2F)on1. The summed E-state index contributed by atoms with van der Waals surface area (Å²) in [4.78, 5) is 11.7. The minimum absolute atomic E-state index is 0.0238. The van der Waals surface area contributed by atoms with Gasteiger partial charge < -0.3 is 9.84 Å². The lowest BCUT2D eigenvalue weighted by molar-refractivity contribution is -0.115. The fraction of sp³-hybridized carbons (Fsp3) is 0.286. The van der Waals surface area contributed by atoms with Crippen LogP contribution in [0.1, 0.15) is 17.9 Å². The molecule has 1 amide bonds. The van der Waals surface area contributed by atoms with Crippen molar-refractivity contribution in [3.63, 3.8) is 0 Å². The number of anilines is 1. The first kappa shape index (κ1) is 16.2. The van der Waals surface area contributed by atoms with Gasteiger partial charge in [0.1, 0.15) is 11.6 Å². The molecule has 22 heavy (non-hydrogen) atoms. The molecule has 0 aliphatic carbocycles. The molecular weight excluding hydrogens is 311 g/mol. The molecule has 0 radical (unpaired) electrons. The van der Waals surface area contributed by atoms with Crippen LogP contribution in [-0.4, -0.2) is 25.2 Å². The molecule has 6 nitrogen and oxygen atoms in total. The van der Waals surface area contributed by atoms with Crippen LogP contribution in [-0.2, 0) is 20.4 Å². The van der Waals surface area contributed by atoms with Gasteiger partial charge >= 0.3 is 0 Å². The van der Waals surface area contributed by atoms with Crippen molar-refractivity contribution in [1.29, 1.82) is 0 Å². The number of halogens is 1. The second-order valence-corrected chi connectivity index (χ2v) is 6.99. The fourth-order valence-electron chi connectivity index (χ4n) is 1.80. The lowest BCUT2D eigenvalue weighted by Gasteiger charge is -2.06. The molecular formula is C14H15FN2O4S. The van der Waals surface area contributed by atoms with E-state index in [9.17, 15) is 17.6 Å². The molecule has 2 aromatic rings. The molecule has 0 fully saturated rings. The average Bonchev–Trinajstić information content (AvgIpc) is 2.84. The van der Waals surface area contributed by atoms with Gasteiger partial charge in [-0.2, -0.15) is 0 Å². The van der Waals surface area contributed by atoms with E-state index in [0.717, 1.165) is 0 Å². The lowest BCUT2D eigenvalue weighted by atomic mass is 10.3. The van der Waals surface area contributed by atoms with Crippen molar-refractivity contribution >= 4 is 21.4 Å². The molecule has 0 saturated carbocycles. The van der Waals surface area contributed by atoms with Crippen LogP contribution in [0.4, 0.5) is 10.1 Å². The van der Waals surface area contributed by atoms with Crippen molar-refractivity contribution in [1.82, 2.24) is 5.16 Å². The summed E-state index contributed by atoms with van der Waals surface area (Å²) in [6, 6.07) is 7.20. The van der Waals surface area contributed by atoms with E-state index in [2.05, 4.69) is 10.5 Å². The van der Waals surface area contributed by atoms with Crippen molar-refractivity contribution in [3.05, 3.63) is 47.6 Å². The minimum atomic E-state index is -3.51. The van der Waals surface area contributed by atoms with E-state index in [1.165, 1.54) is 24.3 Å². The van der Waals surface area contributed by atoms with Gasteiger partial charge in [0.15, 0.2) is 15.6 Å². The van der Waals surface area contributed by atoms with E-state index >= 15 is 0 Å². The van der Waals surface area contributed by atoms with Crippen LogP contribution in [0.5, 0.6) is 0 Å². The Balaban J connectivity index is 1.89. The van der Waals surface area contributed by atoms with E-state index in [1.807, 2.05) is 0 Å². The van der Waals surface area contributed by atoms with Gasteiger partial charge in [0, 0.05) is 12.5 Å². The largest absolute Gasteiger partial charge is 0.360 e. The van der Waals surface area contributed by atoms with Crippen LogP contribution < -0.4 is 5.32 Å². The monoisotopic (exact) mass is 326 g/mol. The Kier molecular flexibility index (Phi) is 4.92. The van der Waals surface area contributed by atoms with E-state index in [1.54, 1.807) is 13.0 Å². The topological polar surface area (TPSA) is 89.3 Å². The van der Waals surface area contributed by atoms with Gasteiger partial charge in [-0.25, -0.2) is 12.8 Å². The number of para-hydroxylation sites is 1. The highest BCUT2D eigenvalue weighted by Gasteiger charge is 2.17. The highest BCUT2D eigenvalue weighted by molar-refractivity contribution is 7.90. The molecule has 118 valence electrons. The van der Waals surface area contributed by atoms with Gasteiger partial charge in [-0.1, -0.05) is 17.3 Å². The van der Waals surface area contributed by atoms with E-state index in [0.29, 0.717) is 5.69 Å².